The van der Waals surface area contributed by atoms with Crippen LogP contribution in [0.5, 0.6) is 0 Å². The van der Waals surface area contributed by atoms with Gasteiger partial charge in [0.15, 0.2) is 6.73 Å². The fourth-order valence-electron chi connectivity index (χ4n) is 2.93. The van der Waals surface area contributed by atoms with Gasteiger partial charge in [0.25, 0.3) is 0 Å². The molecule has 0 aliphatic carbocycles. The molecule has 0 aromatic carbocycles. The van der Waals surface area contributed by atoms with Gasteiger partial charge in [-0.2, -0.15) is 0 Å². The summed E-state index contributed by atoms with van der Waals surface area (Å²) in [6.45, 7) is 10.9. The Hall–Kier alpha value is -0.870. The van der Waals surface area contributed by atoms with Gasteiger partial charge >= 0.3 is 0 Å². The molecule has 154 valence electrons. The van der Waals surface area contributed by atoms with Gasteiger partial charge in [0.05, 0.1) is 27.2 Å². The van der Waals surface area contributed by atoms with E-state index in [-0.39, 0.29) is 5.91 Å². The molecule has 0 heterocycles. The molecule has 0 aromatic rings. The molecule has 0 bridgehead atoms. The van der Waals surface area contributed by atoms with Crippen molar-refractivity contribution in [2.75, 3.05) is 40.5 Å². The van der Waals surface area contributed by atoms with E-state index in [1.807, 2.05) is 0 Å². The van der Waals surface area contributed by atoms with Gasteiger partial charge in [0.2, 0.25) is 5.91 Å². The van der Waals surface area contributed by atoms with Crippen molar-refractivity contribution in [3.8, 4) is 0 Å². The van der Waals surface area contributed by atoms with Crippen LogP contribution in [0.1, 0.15) is 84.5 Å². The van der Waals surface area contributed by atoms with Crippen LogP contribution in [0.3, 0.4) is 0 Å². The van der Waals surface area contributed by atoms with Crippen molar-refractivity contribution in [2.45, 2.75) is 84.5 Å². The molecule has 0 rings (SSSR count). The van der Waals surface area contributed by atoms with Crippen LogP contribution in [0.25, 0.3) is 0 Å². The first kappa shape index (κ1) is 25.1. The van der Waals surface area contributed by atoms with Crippen LogP contribution in [-0.4, -0.2) is 50.9 Å². The summed E-state index contributed by atoms with van der Waals surface area (Å²) in [7, 11) is 4.36. The Morgan fingerprint density at radius 3 is 2.00 bits per heavy atom. The average molecular weight is 370 g/mol. The van der Waals surface area contributed by atoms with Crippen LogP contribution >= 0.6 is 0 Å². The number of amides is 1. The van der Waals surface area contributed by atoms with Gasteiger partial charge in [0.1, 0.15) is 0 Å². The highest BCUT2D eigenvalue weighted by molar-refractivity contribution is 5.91. The number of hydrogen-bond donors (Lipinski definition) is 1. The standard InChI is InChI=1S/C22H44N2O2/c1-6-7-8-9-10-11-12-13-14-15-19-26-20-24(4,5)18-16-17-23-22(25)21(2)3/h2,6-20H2,1,3-5H3/p+1. The summed E-state index contributed by atoms with van der Waals surface area (Å²) in [5.74, 6) is -0.0486. The topological polar surface area (TPSA) is 38.3 Å². The summed E-state index contributed by atoms with van der Waals surface area (Å²) >= 11 is 0. The van der Waals surface area contributed by atoms with Gasteiger partial charge < -0.3 is 14.5 Å². The van der Waals surface area contributed by atoms with Gasteiger partial charge in [0, 0.05) is 18.5 Å². The summed E-state index contributed by atoms with van der Waals surface area (Å²) < 4.78 is 6.69. The maximum Gasteiger partial charge on any atom is 0.246 e. The van der Waals surface area contributed by atoms with Crippen molar-refractivity contribution in [1.29, 1.82) is 0 Å². The molecule has 1 N–H and O–H groups in total. The van der Waals surface area contributed by atoms with Crippen LogP contribution in [0.4, 0.5) is 0 Å². The van der Waals surface area contributed by atoms with Gasteiger partial charge in [-0.25, -0.2) is 0 Å². The quantitative estimate of drug-likeness (QED) is 0.159. The van der Waals surface area contributed by atoms with Gasteiger partial charge in [-0.15, -0.1) is 0 Å². The fraction of sp³-hybridized carbons (Fsp3) is 0.864. The predicted molar refractivity (Wildman–Crippen MR) is 112 cm³/mol. The van der Waals surface area contributed by atoms with Crippen molar-refractivity contribution in [3.05, 3.63) is 12.2 Å². The van der Waals surface area contributed by atoms with Gasteiger partial charge in [-0.3, -0.25) is 4.79 Å². The molecule has 0 unspecified atom stereocenters. The monoisotopic (exact) mass is 369 g/mol. The highest BCUT2D eigenvalue weighted by Gasteiger charge is 2.14. The second-order valence-electron chi connectivity index (χ2n) is 8.27. The number of nitrogens with zero attached hydrogens (tertiary/aromatic N) is 1. The van der Waals surface area contributed by atoms with Crippen LogP contribution in [-0.2, 0) is 9.53 Å². The smallest absolute Gasteiger partial charge is 0.246 e. The zero-order valence-corrected chi connectivity index (χ0v) is 18.1. The number of carbonyl (C=O) groups excluding carboxylic acids is 1. The van der Waals surface area contributed by atoms with E-state index < -0.39 is 0 Å². The average Bonchev–Trinajstić information content (AvgIpc) is 2.59. The molecule has 0 radical (unpaired) electrons. The minimum atomic E-state index is -0.0486. The molecule has 0 spiro atoms. The summed E-state index contributed by atoms with van der Waals surface area (Å²) in [5, 5.41) is 2.88. The number of carbonyl (C=O) groups is 1. The van der Waals surface area contributed by atoms with E-state index in [1.165, 1.54) is 64.2 Å². The normalized spacial score (nSPS) is 11.5. The Morgan fingerprint density at radius 2 is 1.46 bits per heavy atom. The lowest BCUT2D eigenvalue weighted by atomic mass is 10.1. The number of ether oxygens (including phenoxy) is 1. The van der Waals surface area contributed by atoms with Crippen LogP contribution < -0.4 is 5.32 Å². The van der Waals surface area contributed by atoms with Crippen molar-refractivity contribution in [2.24, 2.45) is 0 Å². The molecule has 4 nitrogen and oxygen atoms in total. The first-order valence-corrected chi connectivity index (χ1v) is 10.7. The van der Waals surface area contributed by atoms with Crippen LogP contribution in [0.15, 0.2) is 12.2 Å². The molecule has 0 saturated carbocycles. The molecule has 0 aromatic heterocycles. The van der Waals surface area contributed by atoms with E-state index in [2.05, 4.69) is 32.9 Å². The molecule has 1 amide bonds. The van der Waals surface area contributed by atoms with Crippen LogP contribution in [0, 0.1) is 0 Å². The number of unbranched alkanes of at least 4 members (excludes halogenated alkanes) is 9. The lowest BCUT2D eigenvalue weighted by Gasteiger charge is -2.29. The van der Waals surface area contributed by atoms with Gasteiger partial charge in [-0.05, 0) is 13.3 Å². The first-order chi connectivity index (χ1) is 12.4. The third kappa shape index (κ3) is 16.6. The number of quaternary nitrogens is 1. The number of hydrogen-bond acceptors (Lipinski definition) is 2. The van der Waals surface area contributed by atoms with E-state index >= 15 is 0 Å². The Labute approximate surface area is 163 Å². The summed E-state index contributed by atoms with van der Waals surface area (Å²) in [6.07, 6.45) is 14.5. The van der Waals surface area contributed by atoms with E-state index in [1.54, 1.807) is 6.92 Å². The molecule has 0 aliphatic rings. The van der Waals surface area contributed by atoms with Crippen molar-refractivity contribution in [1.82, 2.24) is 5.32 Å². The zero-order chi connectivity index (χ0) is 19.7. The summed E-state index contributed by atoms with van der Waals surface area (Å²) in [5.41, 5.74) is 0.568. The molecular weight excluding hydrogens is 324 g/mol. The summed E-state index contributed by atoms with van der Waals surface area (Å²) in [4.78, 5) is 11.4. The highest BCUT2D eigenvalue weighted by atomic mass is 16.5. The predicted octanol–water partition coefficient (Wildman–Crippen LogP) is 5.04. The Bertz CT molecular complexity index is 367. The van der Waals surface area contributed by atoms with E-state index in [0.29, 0.717) is 12.1 Å². The first-order valence-electron chi connectivity index (χ1n) is 10.7. The van der Waals surface area contributed by atoms with Crippen molar-refractivity contribution < 1.29 is 14.0 Å². The highest BCUT2D eigenvalue weighted by Crippen LogP contribution is 2.10. The third-order valence-electron chi connectivity index (χ3n) is 4.70. The minimum absolute atomic E-state index is 0.0486. The summed E-state index contributed by atoms with van der Waals surface area (Å²) in [6, 6.07) is 0. The lowest BCUT2D eigenvalue weighted by molar-refractivity contribution is -0.909. The molecule has 26 heavy (non-hydrogen) atoms. The van der Waals surface area contributed by atoms with E-state index in [9.17, 15) is 4.79 Å². The van der Waals surface area contributed by atoms with Crippen LogP contribution in [0.2, 0.25) is 0 Å². The van der Waals surface area contributed by atoms with Crippen molar-refractivity contribution in [3.63, 3.8) is 0 Å². The SMILES string of the molecule is C=C(C)C(=O)NCCC[N+](C)(C)COCCCCCCCCCCCC. The molecule has 0 atom stereocenters. The second kappa shape index (κ2) is 16.3. The van der Waals surface area contributed by atoms with E-state index in [0.717, 1.165) is 30.8 Å². The maximum atomic E-state index is 11.4. The molecule has 0 saturated heterocycles. The Balaban J connectivity index is 3.42. The minimum Gasteiger partial charge on any atom is -0.352 e. The van der Waals surface area contributed by atoms with Crippen molar-refractivity contribution >= 4 is 5.91 Å². The van der Waals surface area contributed by atoms with Gasteiger partial charge in [-0.1, -0.05) is 71.3 Å². The molecular formula is C22H45N2O2+. The zero-order valence-electron chi connectivity index (χ0n) is 18.1. The second-order valence-corrected chi connectivity index (χ2v) is 8.27. The van der Waals surface area contributed by atoms with E-state index in [4.69, 9.17) is 4.74 Å². The fourth-order valence-corrected chi connectivity index (χ4v) is 2.93. The lowest BCUT2D eigenvalue weighted by Crippen LogP contribution is -2.43. The molecule has 4 heteroatoms. The maximum absolute atomic E-state index is 11.4. The third-order valence-corrected chi connectivity index (χ3v) is 4.70. The Kier molecular flexibility index (Phi) is 15.8. The molecule has 0 fully saturated rings. The Morgan fingerprint density at radius 1 is 0.923 bits per heavy atom. The number of nitrogens with one attached hydrogen (secondary N) is 1. The largest absolute Gasteiger partial charge is 0.352 e. The molecule has 0 aliphatic heterocycles. The number of rotatable bonds is 18.